The molecular formula is C8H15ClN4. The van der Waals surface area contributed by atoms with Gasteiger partial charge in [0.25, 0.3) is 0 Å². The van der Waals surface area contributed by atoms with E-state index in [0.29, 0.717) is 11.9 Å². The highest BCUT2D eigenvalue weighted by Crippen LogP contribution is 1.91. The number of nitrogens with two attached hydrogens (primary N) is 1. The molecule has 0 aliphatic carbocycles. The van der Waals surface area contributed by atoms with Crippen LogP contribution in [-0.4, -0.2) is 22.3 Å². The molecule has 0 saturated carbocycles. The second-order valence-electron chi connectivity index (χ2n) is 3.04. The Morgan fingerprint density at radius 2 is 2.31 bits per heavy atom. The van der Waals surface area contributed by atoms with Crippen molar-refractivity contribution in [1.29, 1.82) is 0 Å². The van der Waals surface area contributed by atoms with Gasteiger partial charge in [-0.05, 0) is 12.0 Å². The van der Waals surface area contributed by atoms with Crippen molar-refractivity contribution in [2.24, 2.45) is 16.6 Å². The summed E-state index contributed by atoms with van der Waals surface area (Å²) in [5, 5.41) is 3.95. The SMILES string of the molecule is CC(C)CN=C(N)n1cccn1.Cl. The smallest absolute Gasteiger partial charge is 0.216 e. The molecule has 74 valence electrons. The largest absolute Gasteiger partial charge is 0.368 e. The lowest BCUT2D eigenvalue weighted by Gasteiger charge is -2.01. The van der Waals surface area contributed by atoms with E-state index in [1.165, 1.54) is 0 Å². The van der Waals surface area contributed by atoms with E-state index in [9.17, 15) is 0 Å². The van der Waals surface area contributed by atoms with Gasteiger partial charge in [0.05, 0.1) is 0 Å². The maximum atomic E-state index is 5.64. The number of hydrogen-bond donors (Lipinski definition) is 1. The molecule has 0 aliphatic heterocycles. The van der Waals surface area contributed by atoms with E-state index in [2.05, 4.69) is 23.9 Å². The molecule has 2 N–H and O–H groups in total. The summed E-state index contributed by atoms with van der Waals surface area (Å²) in [4.78, 5) is 4.16. The maximum Gasteiger partial charge on any atom is 0.216 e. The predicted molar refractivity (Wildman–Crippen MR) is 56.2 cm³/mol. The molecule has 0 amide bonds. The lowest BCUT2D eigenvalue weighted by Crippen LogP contribution is -2.23. The molecule has 1 rings (SSSR count). The van der Waals surface area contributed by atoms with Gasteiger partial charge in [0.1, 0.15) is 0 Å². The van der Waals surface area contributed by atoms with Crippen LogP contribution in [0, 0.1) is 5.92 Å². The first-order valence-corrected chi connectivity index (χ1v) is 4.00. The standard InChI is InChI=1S/C8H14N4.ClH/c1-7(2)6-10-8(9)12-5-3-4-11-12;/h3-5,7H,6H2,1-2H3,(H2,9,10);1H. The van der Waals surface area contributed by atoms with Gasteiger partial charge in [-0.25, -0.2) is 4.68 Å². The second kappa shape index (κ2) is 5.59. The van der Waals surface area contributed by atoms with Crippen LogP contribution in [0.3, 0.4) is 0 Å². The van der Waals surface area contributed by atoms with E-state index < -0.39 is 0 Å². The third kappa shape index (κ3) is 3.94. The molecule has 0 radical (unpaired) electrons. The second-order valence-corrected chi connectivity index (χ2v) is 3.04. The summed E-state index contributed by atoms with van der Waals surface area (Å²) in [6.07, 6.45) is 3.46. The van der Waals surface area contributed by atoms with Gasteiger partial charge in [-0.3, -0.25) is 4.99 Å². The normalized spacial score (nSPS) is 11.5. The summed E-state index contributed by atoms with van der Waals surface area (Å²) in [6.45, 7) is 4.94. The number of rotatable bonds is 2. The van der Waals surface area contributed by atoms with Crippen LogP contribution >= 0.6 is 12.4 Å². The van der Waals surface area contributed by atoms with Crippen molar-refractivity contribution >= 4 is 18.4 Å². The minimum atomic E-state index is 0. The number of nitrogens with zero attached hydrogens (tertiary/aromatic N) is 3. The molecule has 0 aliphatic rings. The van der Waals surface area contributed by atoms with Gasteiger partial charge in [0.2, 0.25) is 5.96 Å². The van der Waals surface area contributed by atoms with Gasteiger partial charge in [-0.2, -0.15) is 5.10 Å². The van der Waals surface area contributed by atoms with Crippen molar-refractivity contribution in [3.63, 3.8) is 0 Å². The van der Waals surface area contributed by atoms with E-state index in [-0.39, 0.29) is 12.4 Å². The quantitative estimate of drug-likeness (QED) is 0.577. The van der Waals surface area contributed by atoms with Crippen molar-refractivity contribution in [2.75, 3.05) is 6.54 Å². The minimum Gasteiger partial charge on any atom is -0.368 e. The van der Waals surface area contributed by atoms with E-state index in [1.807, 2.05) is 6.07 Å². The Labute approximate surface area is 84.3 Å². The van der Waals surface area contributed by atoms with E-state index in [0.717, 1.165) is 6.54 Å². The van der Waals surface area contributed by atoms with Gasteiger partial charge < -0.3 is 5.73 Å². The van der Waals surface area contributed by atoms with Gasteiger partial charge in [0, 0.05) is 18.9 Å². The van der Waals surface area contributed by atoms with Crippen molar-refractivity contribution in [1.82, 2.24) is 9.78 Å². The van der Waals surface area contributed by atoms with Gasteiger partial charge in [-0.1, -0.05) is 13.8 Å². The van der Waals surface area contributed by atoms with Crippen LogP contribution in [0.5, 0.6) is 0 Å². The van der Waals surface area contributed by atoms with E-state index in [1.54, 1.807) is 17.1 Å². The molecule has 13 heavy (non-hydrogen) atoms. The predicted octanol–water partition coefficient (Wildman–Crippen LogP) is 1.12. The van der Waals surface area contributed by atoms with Gasteiger partial charge in [0.15, 0.2) is 0 Å². The Balaban J connectivity index is 0.00000144. The summed E-state index contributed by atoms with van der Waals surface area (Å²) in [5.74, 6) is 0.979. The zero-order chi connectivity index (χ0) is 8.97. The topological polar surface area (TPSA) is 56.2 Å². The molecule has 1 heterocycles. The highest BCUT2D eigenvalue weighted by atomic mass is 35.5. The zero-order valence-electron chi connectivity index (χ0n) is 7.84. The molecular weight excluding hydrogens is 188 g/mol. The van der Waals surface area contributed by atoms with Crippen molar-refractivity contribution in [3.05, 3.63) is 18.5 Å². The lowest BCUT2D eigenvalue weighted by molar-refractivity contribution is 0.661. The fourth-order valence-corrected chi connectivity index (χ4v) is 0.753. The molecule has 0 saturated heterocycles. The van der Waals surface area contributed by atoms with Crippen molar-refractivity contribution in [3.8, 4) is 0 Å². The van der Waals surface area contributed by atoms with Crippen molar-refractivity contribution in [2.45, 2.75) is 13.8 Å². The third-order valence-corrected chi connectivity index (χ3v) is 1.36. The molecule has 0 fully saturated rings. The molecule has 1 aromatic rings. The van der Waals surface area contributed by atoms with Crippen LogP contribution in [0.2, 0.25) is 0 Å². The molecule has 4 nitrogen and oxygen atoms in total. The first kappa shape index (κ1) is 12.0. The molecule has 0 unspecified atom stereocenters. The van der Waals surface area contributed by atoms with Crippen LogP contribution in [0.15, 0.2) is 23.5 Å². The van der Waals surface area contributed by atoms with Gasteiger partial charge in [-0.15, -0.1) is 12.4 Å². The van der Waals surface area contributed by atoms with Crippen molar-refractivity contribution < 1.29 is 0 Å². The molecule has 1 aromatic heterocycles. The summed E-state index contributed by atoms with van der Waals surface area (Å²) < 4.78 is 1.56. The average molecular weight is 203 g/mol. The highest BCUT2D eigenvalue weighted by Gasteiger charge is 1.95. The van der Waals surface area contributed by atoms with Crippen LogP contribution in [0.4, 0.5) is 0 Å². The average Bonchev–Trinajstić information content (AvgIpc) is 2.51. The maximum absolute atomic E-state index is 5.64. The summed E-state index contributed by atoms with van der Waals surface area (Å²) in [5.41, 5.74) is 5.64. The third-order valence-electron chi connectivity index (χ3n) is 1.36. The molecule has 0 aromatic carbocycles. The van der Waals surface area contributed by atoms with E-state index in [4.69, 9.17) is 5.73 Å². The Bertz CT molecular complexity index is 253. The monoisotopic (exact) mass is 202 g/mol. The van der Waals surface area contributed by atoms with E-state index >= 15 is 0 Å². The Morgan fingerprint density at radius 3 is 2.77 bits per heavy atom. The molecule has 0 spiro atoms. The Hall–Kier alpha value is -1.03. The van der Waals surface area contributed by atoms with Crippen LogP contribution in [0.25, 0.3) is 0 Å². The highest BCUT2D eigenvalue weighted by molar-refractivity contribution is 5.85. The summed E-state index contributed by atoms with van der Waals surface area (Å²) >= 11 is 0. The number of aliphatic imine (C=N–C) groups is 1. The first-order valence-electron chi connectivity index (χ1n) is 4.00. The van der Waals surface area contributed by atoms with Gasteiger partial charge >= 0.3 is 0 Å². The van der Waals surface area contributed by atoms with Crippen LogP contribution in [0.1, 0.15) is 13.8 Å². The first-order chi connectivity index (χ1) is 5.70. The number of halogens is 1. The zero-order valence-corrected chi connectivity index (χ0v) is 8.66. The van der Waals surface area contributed by atoms with Crippen LogP contribution < -0.4 is 5.73 Å². The number of hydrogen-bond acceptors (Lipinski definition) is 2. The number of aromatic nitrogens is 2. The lowest BCUT2D eigenvalue weighted by atomic mass is 10.2. The van der Waals surface area contributed by atoms with Crippen LogP contribution in [-0.2, 0) is 0 Å². The fraction of sp³-hybridized carbons (Fsp3) is 0.500. The molecule has 0 bridgehead atoms. The Morgan fingerprint density at radius 1 is 1.62 bits per heavy atom. The summed E-state index contributed by atoms with van der Waals surface area (Å²) in [7, 11) is 0. The molecule has 5 heteroatoms. The minimum absolute atomic E-state index is 0. The summed E-state index contributed by atoms with van der Waals surface area (Å²) in [6, 6.07) is 1.82. The molecule has 0 atom stereocenters. The fourth-order valence-electron chi connectivity index (χ4n) is 0.753. The Kier molecular flexibility index (Phi) is 5.14.